The summed E-state index contributed by atoms with van der Waals surface area (Å²) in [5, 5.41) is 3.13. The summed E-state index contributed by atoms with van der Waals surface area (Å²) < 4.78 is 5.22. The number of rotatable bonds is 5. The van der Waals surface area contributed by atoms with E-state index < -0.39 is 0 Å². The number of carbonyl (C=O) groups is 1. The highest BCUT2D eigenvalue weighted by atomic mass is 16.5. The van der Waals surface area contributed by atoms with E-state index >= 15 is 0 Å². The van der Waals surface area contributed by atoms with Crippen LogP contribution in [0.3, 0.4) is 0 Å². The van der Waals surface area contributed by atoms with E-state index in [0.717, 1.165) is 50.5 Å². The summed E-state index contributed by atoms with van der Waals surface area (Å²) >= 11 is 0. The van der Waals surface area contributed by atoms with Crippen LogP contribution in [0, 0.1) is 0 Å². The normalized spacial score (nSPS) is 16.4. The van der Waals surface area contributed by atoms with Gasteiger partial charge in [-0.1, -0.05) is 42.5 Å². The molecule has 1 aliphatic heterocycles. The molecular weight excluding hydrogens is 338 g/mol. The van der Waals surface area contributed by atoms with E-state index in [2.05, 4.69) is 22.3 Å². The molecule has 1 heterocycles. The predicted octanol–water partition coefficient (Wildman–Crippen LogP) is 3.67. The third-order valence-corrected chi connectivity index (χ3v) is 5.08. The first-order valence-electron chi connectivity index (χ1n) is 9.61. The Labute approximate surface area is 161 Å². The Morgan fingerprint density at radius 1 is 1.04 bits per heavy atom. The third kappa shape index (κ3) is 5.47. The number of methoxy groups -OCH3 is 1. The van der Waals surface area contributed by atoms with Crippen LogP contribution < -0.4 is 10.1 Å². The summed E-state index contributed by atoms with van der Waals surface area (Å²) in [4.78, 5) is 17.0. The van der Waals surface area contributed by atoms with Gasteiger partial charge in [0.1, 0.15) is 5.75 Å². The maximum absolute atomic E-state index is 12.7. The fraction of sp³-hybridized carbons (Fsp3) is 0.409. The Morgan fingerprint density at radius 2 is 1.78 bits per heavy atom. The Hall–Kier alpha value is -2.53. The van der Waals surface area contributed by atoms with Crippen molar-refractivity contribution in [3.63, 3.8) is 0 Å². The van der Waals surface area contributed by atoms with Crippen LogP contribution in [0.25, 0.3) is 0 Å². The highest BCUT2D eigenvalue weighted by Gasteiger charge is 2.20. The molecule has 5 heteroatoms. The van der Waals surface area contributed by atoms with Crippen molar-refractivity contribution in [1.82, 2.24) is 15.1 Å². The Bertz CT molecular complexity index is 718. The lowest BCUT2D eigenvalue weighted by molar-refractivity contribution is 0.194. The third-order valence-electron chi connectivity index (χ3n) is 5.08. The van der Waals surface area contributed by atoms with E-state index in [0.29, 0.717) is 0 Å². The zero-order chi connectivity index (χ0) is 19.1. The van der Waals surface area contributed by atoms with Gasteiger partial charge < -0.3 is 15.0 Å². The number of nitrogens with one attached hydrogen (secondary N) is 1. The van der Waals surface area contributed by atoms with E-state index in [1.807, 2.05) is 54.3 Å². The van der Waals surface area contributed by atoms with Gasteiger partial charge in [0.2, 0.25) is 0 Å². The number of hydrogen-bond donors (Lipinski definition) is 1. The fourth-order valence-corrected chi connectivity index (χ4v) is 3.42. The highest BCUT2D eigenvalue weighted by Crippen LogP contribution is 2.15. The second kappa shape index (κ2) is 9.42. The Balaban J connectivity index is 1.50. The molecule has 1 fully saturated rings. The molecule has 2 aromatic carbocycles. The van der Waals surface area contributed by atoms with Gasteiger partial charge in [-0.05, 0) is 36.6 Å². The molecule has 1 unspecified atom stereocenters. The highest BCUT2D eigenvalue weighted by molar-refractivity contribution is 5.74. The summed E-state index contributed by atoms with van der Waals surface area (Å²) in [6, 6.07) is 18.3. The largest absolute Gasteiger partial charge is 0.497 e. The lowest BCUT2D eigenvalue weighted by atomic mass is 10.1. The van der Waals surface area contributed by atoms with Crippen LogP contribution >= 0.6 is 0 Å². The molecule has 2 amide bonds. The second-order valence-corrected chi connectivity index (χ2v) is 7.05. The van der Waals surface area contributed by atoms with Gasteiger partial charge in [-0.15, -0.1) is 0 Å². The predicted molar refractivity (Wildman–Crippen MR) is 108 cm³/mol. The second-order valence-electron chi connectivity index (χ2n) is 7.05. The topological polar surface area (TPSA) is 44.8 Å². The molecular formula is C22H29N3O2. The summed E-state index contributed by atoms with van der Waals surface area (Å²) in [6.45, 7) is 6.38. The average molecular weight is 367 g/mol. The Kier molecular flexibility index (Phi) is 6.71. The lowest BCUT2D eigenvalue weighted by Crippen LogP contribution is -2.42. The maximum Gasteiger partial charge on any atom is 0.317 e. The van der Waals surface area contributed by atoms with Crippen molar-refractivity contribution < 1.29 is 9.53 Å². The number of nitrogens with zero attached hydrogens (tertiary/aromatic N) is 2. The molecule has 1 N–H and O–H groups in total. The van der Waals surface area contributed by atoms with Crippen molar-refractivity contribution in [2.75, 3.05) is 33.3 Å². The minimum atomic E-state index is 0.0114. The van der Waals surface area contributed by atoms with E-state index in [9.17, 15) is 4.79 Å². The van der Waals surface area contributed by atoms with E-state index in [1.54, 1.807) is 7.11 Å². The molecule has 1 atom stereocenters. The van der Waals surface area contributed by atoms with Gasteiger partial charge in [-0.25, -0.2) is 4.79 Å². The minimum absolute atomic E-state index is 0.0114. The SMILES string of the molecule is COc1ccc(CN2CCCN(C(=O)NC(C)c3ccccc3)CC2)cc1. The van der Waals surface area contributed by atoms with Crippen molar-refractivity contribution in [2.24, 2.45) is 0 Å². The molecule has 0 spiro atoms. The van der Waals surface area contributed by atoms with Crippen LogP contribution in [0.15, 0.2) is 54.6 Å². The van der Waals surface area contributed by atoms with Gasteiger partial charge in [0.05, 0.1) is 13.2 Å². The molecule has 1 saturated heterocycles. The number of carbonyl (C=O) groups excluding carboxylic acids is 1. The number of urea groups is 1. The van der Waals surface area contributed by atoms with Crippen molar-refractivity contribution in [2.45, 2.75) is 25.9 Å². The van der Waals surface area contributed by atoms with Crippen LogP contribution in [-0.4, -0.2) is 49.1 Å². The first-order chi connectivity index (χ1) is 13.2. The van der Waals surface area contributed by atoms with E-state index in [-0.39, 0.29) is 12.1 Å². The van der Waals surface area contributed by atoms with Crippen molar-refractivity contribution in [3.8, 4) is 5.75 Å². The smallest absolute Gasteiger partial charge is 0.317 e. The monoisotopic (exact) mass is 367 g/mol. The summed E-state index contributed by atoms with van der Waals surface area (Å²) in [5.74, 6) is 0.880. The van der Waals surface area contributed by atoms with Gasteiger partial charge in [-0.2, -0.15) is 0 Å². The number of amides is 2. The van der Waals surface area contributed by atoms with Crippen LogP contribution in [0.4, 0.5) is 4.79 Å². The van der Waals surface area contributed by atoms with Crippen molar-refractivity contribution in [1.29, 1.82) is 0 Å². The van der Waals surface area contributed by atoms with Gasteiger partial charge in [0.25, 0.3) is 0 Å². The van der Waals surface area contributed by atoms with Crippen molar-refractivity contribution >= 4 is 6.03 Å². The summed E-state index contributed by atoms with van der Waals surface area (Å²) in [7, 11) is 1.68. The minimum Gasteiger partial charge on any atom is -0.497 e. The van der Waals surface area contributed by atoms with E-state index in [4.69, 9.17) is 4.74 Å². The maximum atomic E-state index is 12.7. The lowest BCUT2D eigenvalue weighted by Gasteiger charge is -2.24. The standard InChI is InChI=1S/C22H29N3O2/c1-18(20-7-4-3-5-8-20)23-22(26)25-14-6-13-24(15-16-25)17-19-9-11-21(27-2)12-10-19/h3-5,7-12,18H,6,13-17H2,1-2H3,(H,23,26). The number of benzene rings is 2. The molecule has 0 saturated carbocycles. The average Bonchev–Trinajstić information content (AvgIpc) is 2.95. The molecule has 27 heavy (non-hydrogen) atoms. The van der Waals surface area contributed by atoms with E-state index in [1.165, 1.54) is 5.56 Å². The summed E-state index contributed by atoms with van der Waals surface area (Å²) in [5.41, 5.74) is 2.40. The quantitative estimate of drug-likeness (QED) is 0.877. The zero-order valence-corrected chi connectivity index (χ0v) is 16.2. The first-order valence-corrected chi connectivity index (χ1v) is 9.61. The van der Waals surface area contributed by atoms with Gasteiger partial charge >= 0.3 is 6.03 Å². The zero-order valence-electron chi connectivity index (χ0n) is 16.2. The van der Waals surface area contributed by atoms with Crippen molar-refractivity contribution in [3.05, 3.63) is 65.7 Å². The van der Waals surface area contributed by atoms with Crippen LogP contribution in [0.5, 0.6) is 5.75 Å². The molecule has 5 nitrogen and oxygen atoms in total. The van der Waals surface area contributed by atoms with Crippen LogP contribution in [0.2, 0.25) is 0 Å². The van der Waals surface area contributed by atoms with Gasteiger partial charge in [-0.3, -0.25) is 4.90 Å². The molecule has 0 radical (unpaired) electrons. The molecule has 0 aliphatic carbocycles. The summed E-state index contributed by atoms with van der Waals surface area (Å²) in [6.07, 6.45) is 0.989. The van der Waals surface area contributed by atoms with Crippen LogP contribution in [-0.2, 0) is 6.54 Å². The van der Waals surface area contributed by atoms with Crippen LogP contribution in [0.1, 0.15) is 30.5 Å². The number of ether oxygens (including phenoxy) is 1. The molecule has 3 rings (SSSR count). The molecule has 144 valence electrons. The molecule has 1 aliphatic rings. The molecule has 2 aromatic rings. The fourth-order valence-electron chi connectivity index (χ4n) is 3.42. The van der Waals surface area contributed by atoms with Gasteiger partial charge in [0, 0.05) is 32.7 Å². The molecule has 0 aromatic heterocycles. The number of hydrogen-bond acceptors (Lipinski definition) is 3. The van der Waals surface area contributed by atoms with Gasteiger partial charge in [0.15, 0.2) is 0 Å². The molecule has 0 bridgehead atoms. The Morgan fingerprint density at radius 3 is 2.48 bits per heavy atom. The first kappa shape index (κ1) is 19.2.